The Kier molecular flexibility index (Phi) is 5.75. The molecule has 0 spiro atoms. The number of hydrogen-bond donors (Lipinski definition) is 1. The van der Waals surface area contributed by atoms with Gasteiger partial charge in [0.05, 0.1) is 0 Å². The molecule has 0 amide bonds. The molecule has 0 bridgehead atoms. The van der Waals surface area contributed by atoms with Crippen molar-refractivity contribution in [2.45, 2.75) is 25.7 Å². The van der Waals surface area contributed by atoms with E-state index in [4.69, 9.17) is 0 Å². The number of rotatable bonds is 5. The standard InChI is InChI=1S/C14H28N3/c1-14(13-17-8-3-2-4-9-17)5-10-16-11-6-15-7-12-16/h14-15H,1-13H2. The predicted octanol–water partition coefficient (Wildman–Crippen LogP) is 1.22. The van der Waals surface area contributed by atoms with Crippen molar-refractivity contribution in [3.8, 4) is 0 Å². The molecule has 2 aliphatic rings. The van der Waals surface area contributed by atoms with E-state index in [-0.39, 0.29) is 0 Å². The summed E-state index contributed by atoms with van der Waals surface area (Å²) in [6.45, 7) is 14.2. The average molecular weight is 238 g/mol. The van der Waals surface area contributed by atoms with Crippen LogP contribution >= 0.6 is 0 Å². The van der Waals surface area contributed by atoms with E-state index >= 15 is 0 Å². The molecule has 3 heteroatoms. The zero-order valence-electron chi connectivity index (χ0n) is 11.2. The van der Waals surface area contributed by atoms with Crippen molar-refractivity contribution < 1.29 is 0 Å². The number of nitrogens with one attached hydrogen (secondary N) is 1. The lowest BCUT2D eigenvalue weighted by Crippen LogP contribution is -2.44. The van der Waals surface area contributed by atoms with Crippen LogP contribution in [0.3, 0.4) is 0 Å². The van der Waals surface area contributed by atoms with Crippen LogP contribution in [-0.4, -0.2) is 62.2 Å². The normalized spacial score (nSPS) is 25.9. The largest absolute Gasteiger partial charge is 0.314 e. The fourth-order valence-electron chi connectivity index (χ4n) is 2.90. The molecular weight excluding hydrogens is 210 g/mol. The monoisotopic (exact) mass is 238 g/mol. The number of piperazine rings is 1. The highest BCUT2D eigenvalue weighted by molar-refractivity contribution is 4.74. The van der Waals surface area contributed by atoms with Gasteiger partial charge in [-0.15, -0.1) is 0 Å². The van der Waals surface area contributed by atoms with Crippen molar-refractivity contribution in [2.75, 3.05) is 52.4 Å². The zero-order chi connectivity index (χ0) is 11.9. The summed E-state index contributed by atoms with van der Waals surface area (Å²) < 4.78 is 0. The van der Waals surface area contributed by atoms with E-state index in [1.807, 2.05) is 0 Å². The zero-order valence-corrected chi connectivity index (χ0v) is 11.2. The lowest BCUT2D eigenvalue weighted by Gasteiger charge is -2.31. The maximum atomic E-state index is 4.33. The van der Waals surface area contributed by atoms with E-state index < -0.39 is 0 Å². The SMILES string of the molecule is [CH2]C(CCN1CCNCC1)CN1CCCCC1. The third kappa shape index (κ3) is 4.94. The second-order valence-electron chi connectivity index (χ2n) is 5.61. The fourth-order valence-corrected chi connectivity index (χ4v) is 2.90. The lowest BCUT2D eigenvalue weighted by atomic mass is 10.0. The Labute approximate surface area is 107 Å². The van der Waals surface area contributed by atoms with Gasteiger partial charge in [-0.3, -0.25) is 0 Å². The van der Waals surface area contributed by atoms with Crippen LogP contribution in [0.2, 0.25) is 0 Å². The summed E-state index contributed by atoms with van der Waals surface area (Å²) in [6.07, 6.45) is 5.48. The van der Waals surface area contributed by atoms with Crippen LogP contribution in [0.4, 0.5) is 0 Å². The van der Waals surface area contributed by atoms with Crippen LogP contribution in [-0.2, 0) is 0 Å². The van der Waals surface area contributed by atoms with Gasteiger partial charge in [-0.2, -0.15) is 0 Å². The van der Waals surface area contributed by atoms with Crippen molar-refractivity contribution in [2.24, 2.45) is 5.92 Å². The van der Waals surface area contributed by atoms with E-state index in [1.54, 1.807) is 0 Å². The molecule has 0 aromatic rings. The summed E-state index contributed by atoms with van der Waals surface area (Å²) >= 11 is 0. The van der Waals surface area contributed by atoms with Crippen molar-refractivity contribution in [1.82, 2.24) is 15.1 Å². The molecule has 1 unspecified atom stereocenters. The van der Waals surface area contributed by atoms with Crippen molar-refractivity contribution in [1.29, 1.82) is 0 Å². The molecule has 0 aliphatic carbocycles. The quantitative estimate of drug-likeness (QED) is 0.777. The summed E-state index contributed by atoms with van der Waals surface area (Å²) in [6, 6.07) is 0. The highest BCUT2D eigenvalue weighted by atomic mass is 15.2. The maximum Gasteiger partial charge on any atom is 0.0107 e. The molecule has 17 heavy (non-hydrogen) atoms. The summed E-state index contributed by atoms with van der Waals surface area (Å²) in [5.74, 6) is 0.614. The van der Waals surface area contributed by atoms with Crippen LogP contribution in [0.25, 0.3) is 0 Å². The number of hydrogen-bond acceptors (Lipinski definition) is 3. The molecule has 2 saturated heterocycles. The molecular formula is C14H28N3. The van der Waals surface area contributed by atoms with Crippen LogP contribution in [0.5, 0.6) is 0 Å². The van der Waals surface area contributed by atoms with E-state index in [0.29, 0.717) is 5.92 Å². The van der Waals surface area contributed by atoms with Crippen molar-refractivity contribution in [3.05, 3.63) is 6.92 Å². The van der Waals surface area contributed by atoms with Crippen LogP contribution in [0.15, 0.2) is 0 Å². The molecule has 0 saturated carbocycles. The van der Waals surface area contributed by atoms with Gasteiger partial charge in [0.15, 0.2) is 0 Å². The maximum absolute atomic E-state index is 4.33. The Morgan fingerprint density at radius 2 is 1.65 bits per heavy atom. The summed E-state index contributed by atoms with van der Waals surface area (Å²) in [5.41, 5.74) is 0. The third-order valence-corrected chi connectivity index (χ3v) is 4.03. The molecule has 1 atom stereocenters. The van der Waals surface area contributed by atoms with E-state index in [9.17, 15) is 0 Å². The second kappa shape index (κ2) is 7.34. The molecule has 0 aromatic heterocycles. The Balaban J connectivity index is 1.57. The molecule has 2 rings (SSSR count). The predicted molar refractivity (Wildman–Crippen MR) is 73.1 cm³/mol. The first kappa shape index (κ1) is 13.3. The number of likely N-dealkylation sites (tertiary alicyclic amines) is 1. The van der Waals surface area contributed by atoms with E-state index in [2.05, 4.69) is 22.0 Å². The van der Waals surface area contributed by atoms with Gasteiger partial charge < -0.3 is 15.1 Å². The van der Waals surface area contributed by atoms with Gasteiger partial charge in [0.25, 0.3) is 0 Å². The molecule has 1 radical (unpaired) electrons. The van der Waals surface area contributed by atoms with E-state index in [1.165, 1.54) is 65.0 Å². The van der Waals surface area contributed by atoms with Gasteiger partial charge in [-0.1, -0.05) is 6.42 Å². The fraction of sp³-hybridized carbons (Fsp3) is 0.929. The molecule has 2 fully saturated rings. The molecule has 1 N–H and O–H groups in total. The smallest absolute Gasteiger partial charge is 0.0107 e. The number of piperidine rings is 1. The first-order valence-electron chi connectivity index (χ1n) is 7.33. The summed E-state index contributed by atoms with van der Waals surface area (Å²) in [4.78, 5) is 5.18. The lowest BCUT2D eigenvalue weighted by molar-refractivity contribution is 0.185. The topological polar surface area (TPSA) is 18.5 Å². The van der Waals surface area contributed by atoms with Crippen LogP contribution in [0.1, 0.15) is 25.7 Å². The molecule has 3 nitrogen and oxygen atoms in total. The summed E-state index contributed by atoms with van der Waals surface area (Å²) in [7, 11) is 0. The van der Waals surface area contributed by atoms with E-state index in [0.717, 1.165) is 13.1 Å². The molecule has 2 heterocycles. The van der Waals surface area contributed by atoms with Gasteiger partial charge in [0, 0.05) is 32.7 Å². The van der Waals surface area contributed by atoms with Crippen LogP contribution < -0.4 is 5.32 Å². The first-order chi connectivity index (χ1) is 8.34. The average Bonchev–Trinajstić information content (AvgIpc) is 2.39. The van der Waals surface area contributed by atoms with Gasteiger partial charge in [-0.05, 0) is 51.7 Å². The van der Waals surface area contributed by atoms with Gasteiger partial charge in [0.2, 0.25) is 0 Å². The Bertz CT molecular complexity index is 196. The second-order valence-corrected chi connectivity index (χ2v) is 5.61. The first-order valence-corrected chi connectivity index (χ1v) is 7.33. The molecule has 0 aromatic carbocycles. The Morgan fingerprint density at radius 1 is 0.941 bits per heavy atom. The van der Waals surface area contributed by atoms with Crippen molar-refractivity contribution >= 4 is 0 Å². The van der Waals surface area contributed by atoms with Crippen molar-refractivity contribution in [3.63, 3.8) is 0 Å². The molecule has 99 valence electrons. The number of nitrogens with zero attached hydrogens (tertiary/aromatic N) is 2. The Hall–Kier alpha value is -0.120. The summed E-state index contributed by atoms with van der Waals surface area (Å²) in [5, 5.41) is 3.40. The van der Waals surface area contributed by atoms with Gasteiger partial charge >= 0.3 is 0 Å². The van der Waals surface area contributed by atoms with Crippen LogP contribution in [0, 0.1) is 12.8 Å². The highest BCUT2D eigenvalue weighted by Gasteiger charge is 2.15. The third-order valence-electron chi connectivity index (χ3n) is 4.03. The highest BCUT2D eigenvalue weighted by Crippen LogP contribution is 2.13. The van der Waals surface area contributed by atoms with Gasteiger partial charge in [0.1, 0.15) is 0 Å². The van der Waals surface area contributed by atoms with Gasteiger partial charge in [-0.25, -0.2) is 0 Å². The minimum atomic E-state index is 0.614. The molecule has 2 aliphatic heterocycles. The minimum Gasteiger partial charge on any atom is -0.314 e. The minimum absolute atomic E-state index is 0.614. The Morgan fingerprint density at radius 3 is 2.35 bits per heavy atom.